The zero-order valence-corrected chi connectivity index (χ0v) is 11.0. The standard InChI is InChI=1S/C11H11N5O2S/c1-6-13-9(18-16-6)5-12-4-8-14-7-2-3-19-10(7)11(17)15-8/h2-3,12H,4-5H2,1H3,(H,14,15,17). The maximum absolute atomic E-state index is 11.7. The highest BCUT2D eigenvalue weighted by molar-refractivity contribution is 7.17. The van der Waals surface area contributed by atoms with E-state index in [-0.39, 0.29) is 5.56 Å². The molecule has 0 spiro atoms. The molecule has 0 fully saturated rings. The highest BCUT2D eigenvalue weighted by Gasteiger charge is 2.06. The minimum Gasteiger partial charge on any atom is -0.338 e. The molecular weight excluding hydrogens is 266 g/mol. The Morgan fingerprint density at radius 2 is 2.32 bits per heavy atom. The predicted octanol–water partition coefficient (Wildman–Crippen LogP) is 0.966. The lowest BCUT2D eigenvalue weighted by atomic mass is 10.4. The molecule has 0 saturated carbocycles. The van der Waals surface area contributed by atoms with Crippen LogP contribution in [-0.2, 0) is 13.1 Å². The minimum absolute atomic E-state index is 0.106. The van der Waals surface area contributed by atoms with E-state index in [0.29, 0.717) is 35.3 Å². The Bertz CT molecular complexity index is 760. The average Bonchev–Trinajstić information content (AvgIpc) is 2.98. The Morgan fingerprint density at radius 1 is 1.42 bits per heavy atom. The summed E-state index contributed by atoms with van der Waals surface area (Å²) in [6, 6.07) is 1.83. The zero-order valence-electron chi connectivity index (χ0n) is 10.1. The van der Waals surface area contributed by atoms with Crippen LogP contribution in [0.4, 0.5) is 0 Å². The number of hydrogen-bond donors (Lipinski definition) is 2. The summed E-state index contributed by atoms with van der Waals surface area (Å²) in [6.07, 6.45) is 0. The normalized spacial score (nSPS) is 11.2. The second kappa shape index (κ2) is 4.90. The molecule has 3 aromatic rings. The SMILES string of the molecule is Cc1noc(CNCc2nc3ccsc3c(=O)[nH]2)n1. The first-order chi connectivity index (χ1) is 9.22. The second-order valence-corrected chi connectivity index (χ2v) is 4.90. The summed E-state index contributed by atoms with van der Waals surface area (Å²) in [5.41, 5.74) is 0.615. The van der Waals surface area contributed by atoms with Gasteiger partial charge in [-0.2, -0.15) is 4.98 Å². The third-order valence-electron chi connectivity index (χ3n) is 2.50. The third-order valence-corrected chi connectivity index (χ3v) is 3.40. The molecular formula is C11H11N5O2S. The number of aromatic amines is 1. The van der Waals surface area contributed by atoms with Gasteiger partial charge in [0.15, 0.2) is 5.82 Å². The molecule has 0 aliphatic rings. The van der Waals surface area contributed by atoms with E-state index in [0.717, 1.165) is 5.52 Å². The van der Waals surface area contributed by atoms with Gasteiger partial charge >= 0.3 is 0 Å². The van der Waals surface area contributed by atoms with Crippen LogP contribution in [0.5, 0.6) is 0 Å². The van der Waals surface area contributed by atoms with Gasteiger partial charge in [-0.1, -0.05) is 5.16 Å². The van der Waals surface area contributed by atoms with Crippen molar-refractivity contribution in [3.05, 3.63) is 39.3 Å². The van der Waals surface area contributed by atoms with Gasteiger partial charge in [-0.05, 0) is 18.4 Å². The molecule has 3 aromatic heterocycles. The maximum Gasteiger partial charge on any atom is 0.268 e. The fourth-order valence-electron chi connectivity index (χ4n) is 1.71. The van der Waals surface area contributed by atoms with Gasteiger partial charge in [0.05, 0.1) is 18.6 Å². The Balaban J connectivity index is 1.69. The largest absolute Gasteiger partial charge is 0.338 e. The van der Waals surface area contributed by atoms with Crippen LogP contribution in [0.1, 0.15) is 17.5 Å². The van der Waals surface area contributed by atoms with Crippen LogP contribution in [0.25, 0.3) is 10.2 Å². The Morgan fingerprint density at radius 3 is 3.11 bits per heavy atom. The molecule has 0 aliphatic heterocycles. The fourth-order valence-corrected chi connectivity index (χ4v) is 2.43. The lowest BCUT2D eigenvalue weighted by Crippen LogP contribution is -2.18. The van der Waals surface area contributed by atoms with E-state index >= 15 is 0 Å². The molecule has 0 unspecified atom stereocenters. The predicted molar refractivity (Wildman–Crippen MR) is 69.8 cm³/mol. The van der Waals surface area contributed by atoms with Crippen LogP contribution < -0.4 is 10.9 Å². The van der Waals surface area contributed by atoms with Crippen molar-refractivity contribution in [2.24, 2.45) is 0 Å². The topological polar surface area (TPSA) is 96.7 Å². The molecule has 0 aliphatic carbocycles. The average molecular weight is 277 g/mol. The van der Waals surface area contributed by atoms with Gasteiger partial charge in [-0.25, -0.2) is 4.98 Å². The van der Waals surface area contributed by atoms with Gasteiger partial charge in [-0.15, -0.1) is 11.3 Å². The summed E-state index contributed by atoms with van der Waals surface area (Å²) in [6.45, 7) is 2.63. The molecule has 8 heteroatoms. The molecule has 0 saturated heterocycles. The number of aryl methyl sites for hydroxylation is 1. The highest BCUT2D eigenvalue weighted by Crippen LogP contribution is 2.13. The van der Waals surface area contributed by atoms with Crippen molar-refractivity contribution >= 4 is 21.6 Å². The van der Waals surface area contributed by atoms with Crippen molar-refractivity contribution < 1.29 is 4.52 Å². The molecule has 2 N–H and O–H groups in total. The van der Waals surface area contributed by atoms with E-state index in [1.54, 1.807) is 6.92 Å². The summed E-state index contributed by atoms with van der Waals surface area (Å²) < 4.78 is 5.62. The van der Waals surface area contributed by atoms with Crippen LogP contribution in [0.15, 0.2) is 20.8 Å². The smallest absolute Gasteiger partial charge is 0.268 e. The van der Waals surface area contributed by atoms with Gasteiger partial charge in [-0.3, -0.25) is 4.79 Å². The van der Waals surface area contributed by atoms with E-state index in [1.165, 1.54) is 11.3 Å². The van der Waals surface area contributed by atoms with Gasteiger partial charge < -0.3 is 14.8 Å². The first kappa shape index (κ1) is 12.0. The highest BCUT2D eigenvalue weighted by atomic mass is 32.1. The minimum atomic E-state index is -0.106. The van der Waals surface area contributed by atoms with Crippen molar-refractivity contribution in [2.45, 2.75) is 20.0 Å². The number of fused-ring (bicyclic) bond motifs is 1. The number of aromatic nitrogens is 4. The monoisotopic (exact) mass is 277 g/mol. The summed E-state index contributed by atoms with van der Waals surface area (Å²) in [7, 11) is 0. The first-order valence-electron chi connectivity index (χ1n) is 5.68. The van der Waals surface area contributed by atoms with Crippen molar-refractivity contribution in [1.82, 2.24) is 25.4 Å². The van der Waals surface area contributed by atoms with Crippen LogP contribution in [0.2, 0.25) is 0 Å². The van der Waals surface area contributed by atoms with E-state index < -0.39 is 0 Å². The van der Waals surface area contributed by atoms with Gasteiger partial charge in [0.2, 0.25) is 5.89 Å². The molecule has 0 aromatic carbocycles. The Hall–Kier alpha value is -2.06. The molecule has 0 atom stereocenters. The molecule has 3 rings (SSSR count). The number of nitrogens with zero attached hydrogens (tertiary/aromatic N) is 3. The number of thiophene rings is 1. The maximum atomic E-state index is 11.7. The Labute approximate surface area is 111 Å². The molecule has 7 nitrogen and oxygen atoms in total. The van der Waals surface area contributed by atoms with Crippen LogP contribution in [0.3, 0.4) is 0 Å². The third kappa shape index (κ3) is 2.54. The van der Waals surface area contributed by atoms with E-state index in [4.69, 9.17) is 4.52 Å². The molecule has 0 bridgehead atoms. The van der Waals surface area contributed by atoms with Gasteiger partial charge in [0, 0.05) is 0 Å². The quantitative estimate of drug-likeness (QED) is 0.737. The van der Waals surface area contributed by atoms with E-state index in [9.17, 15) is 4.79 Å². The van der Waals surface area contributed by atoms with Crippen molar-refractivity contribution in [3.63, 3.8) is 0 Å². The van der Waals surface area contributed by atoms with Crippen molar-refractivity contribution in [2.75, 3.05) is 0 Å². The second-order valence-electron chi connectivity index (χ2n) is 3.99. The molecule has 19 heavy (non-hydrogen) atoms. The first-order valence-corrected chi connectivity index (χ1v) is 6.56. The number of nitrogens with one attached hydrogen (secondary N) is 2. The van der Waals surface area contributed by atoms with E-state index in [1.807, 2.05) is 11.4 Å². The number of H-pyrrole nitrogens is 1. The van der Waals surface area contributed by atoms with Gasteiger partial charge in [0.1, 0.15) is 10.5 Å². The lowest BCUT2D eigenvalue weighted by Gasteiger charge is -2.01. The summed E-state index contributed by atoms with van der Waals surface area (Å²) in [5, 5.41) is 8.63. The number of rotatable bonds is 4. The molecule has 0 amide bonds. The molecule has 98 valence electrons. The van der Waals surface area contributed by atoms with Gasteiger partial charge in [0.25, 0.3) is 5.56 Å². The number of hydrogen-bond acceptors (Lipinski definition) is 7. The van der Waals surface area contributed by atoms with Crippen LogP contribution >= 0.6 is 11.3 Å². The van der Waals surface area contributed by atoms with Crippen LogP contribution in [-0.4, -0.2) is 20.1 Å². The van der Waals surface area contributed by atoms with Crippen LogP contribution in [0, 0.1) is 6.92 Å². The molecule has 0 radical (unpaired) electrons. The van der Waals surface area contributed by atoms with Crippen molar-refractivity contribution in [1.29, 1.82) is 0 Å². The zero-order chi connectivity index (χ0) is 13.2. The summed E-state index contributed by atoms with van der Waals surface area (Å²) >= 11 is 1.39. The molecule has 3 heterocycles. The lowest BCUT2D eigenvalue weighted by molar-refractivity contribution is 0.363. The summed E-state index contributed by atoms with van der Waals surface area (Å²) in [4.78, 5) is 22.9. The Kier molecular flexibility index (Phi) is 3.10. The fraction of sp³-hybridized carbons (Fsp3) is 0.273. The van der Waals surface area contributed by atoms with E-state index in [2.05, 4.69) is 25.4 Å². The van der Waals surface area contributed by atoms with Crippen molar-refractivity contribution in [3.8, 4) is 0 Å². The summed E-state index contributed by atoms with van der Waals surface area (Å²) in [5.74, 6) is 1.70.